The average Bonchev–Trinajstić information content (AvgIpc) is 3.48. The van der Waals surface area contributed by atoms with Gasteiger partial charge < -0.3 is 20.4 Å². The second-order valence-electron chi connectivity index (χ2n) is 12.4. The lowest BCUT2D eigenvalue weighted by Crippen LogP contribution is -2.53. The number of anilines is 2. The summed E-state index contributed by atoms with van der Waals surface area (Å²) < 4.78 is 1.71. The van der Waals surface area contributed by atoms with Crippen molar-refractivity contribution < 1.29 is 9.59 Å². The van der Waals surface area contributed by atoms with Gasteiger partial charge in [-0.2, -0.15) is 0 Å². The second-order valence-corrected chi connectivity index (χ2v) is 13.4. The zero-order valence-corrected chi connectivity index (χ0v) is 24.8. The minimum atomic E-state index is -0.643. The molecule has 2 aliphatic heterocycles. The van der Waals surface area contributed by atoms with Crippen molar-refractivity contribution in [3.8, 4) is 0 Å². The zero-order chi connectivity index (χ0) is 28.5. The molecule has 3 aromatic rings. The molecule has 1 spiro atoms. The van der Waals surface area contributed by atoms with Crippen LogP contribution in [-0.2, 0) is 23.3 Å². The number of nitrogens with one attached hydrogen (secondary N) is 2. The summed E-state index contributed by atoms with van der Waals surface area (Å²) in [7, 11) is 2.12. The minimum Gasteiger partial charge on any atom is -0.340 e. The van der Waals surface area contributed by atoms with Gasteiger partial charge in [0, 0.05) is 36.5 Å². The number of fused-ring (bicyclic) bond motifs is 5. The van der Waals surface area contributed by atoms with Gasteiger partial charge in [0.1, 0.15) is 34.0 Å². The van der Waals surface area contributed by atoms with Gasteiger partial charge in [0.25, 0.3) is 11.5 Å². The van der Waals surface area contributed by atoms with Crippen LogP contribution in [0.5, 0.6) is 0 Å². The van der Waals surface area contributed by atoms with Crippen LogP contribution < -0.4 is 16.2 Å². The number of carbonyl (C=O) groups excluding carboxylic acids is 2. The predicted molar refractivity (Wildman–Crippen MR) is 159 cm³/mol. The third-order valence-corrected chi connectivity index (χ3v) is 10.9. The summed E-state index contributed by atoms with van der Waals surface area (Å²) in [6.07, 6.45) is 8.42. The van der Waals surface area contributed by atoms with Crippen molar-refractivity contribution in [1.82, 2.24) is 29.7 Å². The standard InChI is InChI=1S/C30H37N7O3S/c1-17-13-21(29(40)37-24(17)26(38)34-30(37)9-5-4-6-10-30)33-25-23-20-8-7-19(14-22(20)41-27(23)32-16-31-25)28(39)36-12-11-35(3)18(2)15-36/h13,16,18-19H,4-12,14-15H2,1-3H3,(H,34,38)(H,31,32,33)/t18-,19-/m0/s1. The number of thiophene rings is 1. The predicted octanol–water partition coefficient (Wildman–Crippen LogP) is 3.53. The molecule has 2 N–H and O–H groups in total. The number of aryl methyl sites for hydroxylation is 2. The lowest BCUT2D eigenvalue weighted by atomic mass is 9.86. The van der Waals surface area contributed by atoms with Crippen molar-refractivity contribution in [3.63, 3.8) is 0 Å². The molecule has 0 bridgehead atoms. The van der Waals surface area contributed by atoms with Gasteiger partial charge in [-0.1, -0.05) is 6.42 Å². The van der Waals surface area contributed by atoms with Crippen molar-refractivity contribution in [2.24, 2.45) is 5.92 Å². The van der Waals surface area contributed by atoms with E-state index < -0.39 is 5.66 Å². The van der Waals surface area contributed by atoms with E-state index in [9.17, 15) is 14.4 Å². The summed E-state index contributed by atoms with van der Waals surface area (Å²) in [4.78, 5) is 55.9. The van der Waals surface area contributed by atoms with Gasteiger partial charge in [-0.15, -0.1) is 11.3 Å². The zero-order valence-electron chi connectivity index (χ0n) is 24.0. The van der Waals surface area contributed by atoms with Gasteiger partial charge in [0.15, 0.2) is 0 Å². The van der Waals surface area contributed by atoms with E-state index in [1.54, 1.807) is 22.0 Å². The van der Waals surface area contributed by atoms with Crippen molar-refractivity contribution in [3.05, 3.63) is 44.4 Å². The minimum absolute atomic E-state index is 0.0174. The van der Waals surface area contributed by atoms with E-state index in [1.165, 1.54) is 16.8 Å². The molecule has 4 aliphatic rings. The molecule has 1 saturated heterocycles. The van der Waals surface area contributed by atoms with Crippen LogP contribution in [-0.4, -0.2) is 68.9 Å². The van der Waals surface area contributed by atoms with Gasteiger partial charge in [-0.05, 0) is 83.0 Å². The van der Waals surface area contributed by atoms with Crippen LogP contribution in [0.1, 0.15) is 71.9 Å². The summed E-state index contributed by atoms with van der Waals surface area (Å²) in [5, 5.41) is 7.45. The molecule has 2 amide bonds. The van der Waals surface area contributed by atoms with Crippen LogP contribution in [0.2, 0.25) is 0 Å². The van der Waals surface area contributed by atoms with Crippen molar-refractivity contribution in [2.45, 2.75) is 76.9 Å². The van der Waals surface area contributed by atoms with Gasteiger partial charge >= 0.3 is 0 Å². The molecule has 10 nitrogen and oxygen atoms in total. The Hall–Kier alpha value is -3.31. The number of amides is 2. The molecule has 0 radical (unpaired) electrons. The molecule has 11 heteroatoms. The average molecular weight is 576 g/mol. The highest BCUT2D eigenvalue weighted by Crippen LogP contribution is 2.41. The molecule has 216 valence electrons. The summed E-state index contributed by atoms with van der Waals surface area (Å²) in [5.74, 6) is 0.687. The van der Waals surface area contributed by atoms with Crippen molar-refractivity contribution in [1.29, 1.82) is 0 Å². The fourth-order valence-corrected chi connectivity index (χ4v) is 8.65. The Morgan fingerprint density at radius 2 is 1.98 bits per heavy atom. The van der Waals surface area contributed by atoms with Gasteiger partial charge in [0.05, 0.1) is 5.39 Å². The Morgan fingerprint density at radius 3 is 2.76 bits per heavy atom. The monoisotopic (exact) mass is 575 g/mol. The maximum atomic E-state index is 13.9. The molecular weight excluding hydrogens is 538 g/mol. The number of likely N-dealkylation sites (N-methyl/N-ethyl adjacent to an activating group) is 1. The maximum Gasteiger partial charge on any atom is 0.276 e. The van der Waals surface area contributed by atoms with Crippen LogP contribution in [0.15, 0.2) is 17.2 Å². The molecule has 2 atom stereocenters. The van der Waals surface area contributed by atoms with E-state index in [1.807, 2.05) is 11.8 Å². The molecule has 2 fully saturated rings. The summed E-state index contributed by atoms with van der Waals surface area (Å²) >= 11 is 1.63. The molecule has 2 aliphatic carbocycles. The smallest absolute Gasteiger partial charge is 0.276 e. The largest absolute Gasteiger partial charge is 0.340 e. The van der Waals surface area contributed by atoms with Crippen LogP contribution in [0.4, 0.5) is 11.5 Å². The van der Waals surface area contributed by atoms with Crippen LogP contribution in [0.25, 0.3) is 10.2 Å². The number of hydrogen-bond acceptors (Lipinski definition) is 8. The third kappa shape index (κ3) is 4.27. The van der Waals surface area contributed by atoms with E-state index in [4.69, 9.17) is 0 Å². The third-order valence-electron chi connectivity index (χ3n) is 9.78. The number of piperazine rings is 1. The van der Waals surface area contributed by atoms with E-state index >= 15 is 0 Å². The molecule has 0 aromatic carbocycles. The van der Waals surface area contributed by atoms with Gasteiger partial charge in [0.2, 0.25) is 5.91 Å². The number of aromatic nitrogens is 3. The molecule has 0 unspecified atom stereocenters. The van der Waals surface area contributed by atoms with E-state index in [0.29, 0.717) is 29.7 Å². The summed E-state index contributed by atoms with van der Waals surface area (Å²) in [6, 6.07) is 2.14. The molecule has 41 heavy (non-hydrogen) atoms. The fraction of sp³-hybridized carbons (Fsp3) is 0.567. The summed E-state index contributed by atoms with van der Waals surface area (Å²) in [6.45, 7) is 6.54. The SMILES string of the molecule is Cc1cc(Nc2ncnc3sc4c(c23)CC[C@H](C(=O)N2CCN(C)[C@@H](C)C2)C4)c(=O)n2c1C(=O)NC21CCCCC1. The summed E-state index contributed by atoms with van der Waals surface area (Å²) in [5.41, 5.74) is 1.99. The van der Waals surface area contributed by atoms with E-state index in [-0.39, 0.29) is 23.3 Å². The Bertz CT molecular complexity index is 1620. The Labute approximate surface area is 243 Å². The Kier molecular flexibility index (Phi) is 6.42. The van der Waals surface area contributed by atoms with Gasteiger partial charge in [-0.3, -0.25) is 19.0 Å². The fourth-order valence-electron chi connectivity index (χ4n) is 7.39. The number of carbonyl (C=O) groups is 2. The normalized spacial score (nSPS) is 23.9. The van der Waals surface area contributed by atoms with Crippen molar-refractivity contribution >= 4 is 44.9 Å². The first-order valence-electron chi connectivity index (χ1n) is 14.9. The first kappa shape index (κ1) is 26.6. The number of hydrogen-bond donors (Lipinski definition) is 2. The molecule has 7 rings (SSSR count). The first-order valence-corrected chi connectivity index (χ1v) is 15.7. The van der Waals surface area contributed by atoms with E-state index in [2.05, 4.69) is 39.5 Å². The topological polar surface area (TPSA) is 112 Å². The second kappa shape index (κ2) is 9.90. The number of pyridine rings is 1. The molecule has 3 aromatic heterocycles. The van der Waals surface area contributed by atoms with Crippen molar-refractivity contribution in [2.75, 3.05) is 32.0 Å². The lowest BCUT2D eigenvalue weighted by molar-refractivity contribution is -0.138. The first-order chi connectivity index (χ1) is 19.8. The highest BCUT2D eigenvalue weighted by molar-refractivity contribution is 7.19. The van der Waals surface area contributed by atoms with Crippen LogP contribution in [0.3, 0.4) is 0 Å². The maximum absolute atomic E-state index is 13.9. The Balaban J connectivity index is 1.20. The van der Waals surface area contributed by atoms with Crippen LogP contribution in [0, 0.1) is 12.8 Å². The van der Waals surface area contributed by atoms with Gasteiger partial charge in [-0.25, -0.2) is 9.97 Å². The Morgan fingerprint density at radius 1 is 1.17 bits per heavy atom. The highest BCUT2D eigenvalue weighted by Gasteiger charge is 2.45. The van der Waals surface area contributed by atoms with Crippen LogP contribution >= 0.6 is 11.3 Å². The highest BCUT2D eigenvalue weighted by atomic mass is 32.1. The molecule has 1 saturated carbocycles. The molecular formula is C30H37N7O3S. The number of rotatable bonds is 3. The number of nitrogens with zero attached hydrogens (tertiary/aromatic N) is 5. The molecule has 5 heterocycles. The quantitative estimate of drug-likeness (QED) is 0.491. The lowest BCUT2D eigenvalue weighted by Gasteiger charge is -2.39. The van der Waals surface area contributed by atoms with E-state index in [0.717, 1.165) is 80.4 Å².